The summed E-state index contributed by atoms with van der Waals surface area (Å²) in [6.07, 6.45) is 1.77. The second kappa shape index (κ2) is 10.5. The van der Waals surface area contributed by atoms with Gasteiger partial charge in [-0.05, 0) is 50.6 Å². The molecule has 2 aromatic heterocycles. The predicted molar refractivity (Wildman–Crippen MR) is 122 cm³/mol. The molecule has 0 aliphatic carbocycles. The van der Waals surface area contributed by atoms with Crippen LogP contribution in [0.15, 0.2) is 53.7 Å². The molecule has 1 atom stereocenters. The number of guanidine groups is 1. The lowest BCUT2D eigenvalue weighted by Gasteiger charge is -2.19. The first kappa shape index (κ1) is 22.1. The standard InChI is InChI=1S/C23H30N6O2/c1-16-12-17(2)29(28-16)22-11-10-19(14-25-22)15-27-23(24-4)26-13-18(3)31-21-9-7-6-8-20(21)30-5/h6-12,14,18H,13,15H2,1-5H3,(H2,24,26,27). The third-order valence-corrected chi connectivity index (χ3v) is 4.67. The van der Waals surface area contributed by atoms with Gasteiger partial charge in [0.15, 0.2) is 23.3 Å². The average molecular weight is 423 g/mol. The largest absolute Gasteiger partial charge is 0.493 e. The molecule has 31 heavy (non-hydrogen) atoms. The molecule has 0 amide bonds. The van der Waals surface area contributed by atoms with Gasteiger partial charge in [0.1, 0.15) is 6.10 Å². The van der Waals surface area contributed by atoms with Crippen molar-refractivity contribution >= 4 is 5.96 Å². The van der Waals surface area contributed by atoms with E-state index in [2.05, 4.69) is 25.7 Å². The number of benzene rings is 1. The minimum Gasteiger partial charge on any atom is -0.493 e. The van der Waals surface area contributed by atoms with Crippen molar-refractivity contribution in [2.24, 2.45) is 4.99 Å². The zero-order chi connectivity index (χ0) is 22.2. The number of nitrogens with one attached hydrogen (secondary N) is 2. The van der Waals surface area contributed by atoms with Crippen molar-refractivity contribution in [2.75, 3.05) is 20.7 Å². The molecule has 0 aliphatic rings. The highest BCUT2D eigenvalue weighted by molar-refractivity contribution is 5.79. The molecule has 0 spiro atoms. The molecule has 0 radical (unpaired) electrons. The number of rotatable bonds is 8. The molecular weight excluding hydrogens is 392 g/mol. The Labute approximate surface area is 183 Å². The molecule has 8 nitrogen and oxygen atoms in total. The van der Waals surface area contributed by atoms with Crippen molar-refractivity contribution in [3.8, 4) is 17.3 Å². The van der Waals surface area contributed by atoms with Crippen molar-refractivity contribution in [1.82, 2.24) is 25.4 Å². The molecule has 2 N–H and O–H groups in total. The summed E-state index contributed by atoms with van der Waals surface area (Å²) in [6.45, 7) is 7.18. The maximum Gasteiger partial charge on any atom is 0.191 e. The van der Waals surface area contributed by atoms with E-state index in [0.717, 1.165) is 28.5 Å². The number of hydrogen-bond acceptors (Lipinski definition) is 5. The SMILES string of the molecule is CN=C(NCc1ccc(-n2nc(C)cc2C)nc1)NCC(C)Oc1ccccc1OC. The van der Waals surface area contributed by atoms with Crippen LogP contribution >= 0.6 is 0 Å². The zero-order valence-electron chi connectivity index (χ0n) is 18.7. The normalized spacial score (nSPS) is 12.4. The second-order valence-corrected chi connectivity index (χ2v) is 7.25. The van der Waals surface area contributed by atoms with Crippen LogP contribution in [0.25, 0.3) is 5.82 Å². The predicted octanol–water partition coefficient (Wildman–Crippen LogP) is 3.03. The fraction of sp³-hybridized carbons (Fsp3) is 0.348. The van der Waals surface area contributed by atoms with Crippen molar-refractivity contribution in [3.05, 3.63) is 65.6 Å². The lowest BCUT2D eigenvalue weighted by atomic mass is 10.3. The van der Waals surface area contributed by atoms with Crippen molar-refractivity contribution < 1.29 is 9.47 Å². The first-order valence-electron chi connectivity index (χ1n) is 10.2. The van der Waals surface area contributed by atoms with Crippen LogP contribution in [0.5, 0.6) is 11.5 Å². The smallest absolute Gasteiger partial charge is 0.191 e. The van der Waals surface area contributed by atoms with Crippen LogP contribution in [0.2, 0.25) is 0 Å². The number of hydrogen-bond donors (Lipinski definition) is 2. The first-order chi connectivity index (χ1) is 15.0. The quantitative estimate of drug-likeness (QED) is 0.429. The van der Waals surface area contributed by atoms with Crippen LogP contribution in [0.4, 0.5) is 0 Å². The number of pyridine rings is 1. The van der Waals surface area contributed by atoms with E-state index in [-0.39, 0.29) is 6.10 Å². The molecule has 3 rings (SSSR count). The summed E-state index contributed by atoms with van der Waals surface area (Å²) >= 11 is 0. The van der Waals surface area contributed by atoms with E-state index in [9.17, 15) is 0 Å². The summed E-state index contributed by atoms with van der Waals surface area (Å²) in [4.78, 5) is 8.81. The Balaban J connectivity index is 1.49. The molecule has 0 bridgehead atoms. The maximum absolute atomic E-state index is 5.97. The average Bonchev–Trinajstić information content (AvgIpc) is 3.12. The third-order valence-electron chi connectivity index (χ3n) is 4.67. The lowest BCUT2D eigenvalue weighted by Crippen LogP contribution is -2.41. The van der Waals surface area contributed by atoms with Gasteiger partial charge in [-0.25, -0.2) is 9.67 Å². The van der Waals surface area contributed by atoms with Gasteiger partial charge in [0, 0.05) is 25.5 Å². The molecule has 0 fully saturated rings. The van der Waals surface area contributed by atoms with Crippen LogP contribution < -0.4 is 20.1 Å². The number of nitrogens with zero attached hydrogens (tertiary/aromatic N) is 4. The summed E-state index contributed by atoms with van der Waals surface area (Å²) < 4.78 is 13.1. The highest BCUT2D eigenvalue weighted by atomic mass is 16.5. The van der Waals surface area contributed by atoms with E-state index >= 15 is 0 Å². The number of para-hydroxylation sites is 2. The van der Waals surface area contributed by atoms with Crippen LogP contribution in [0, 0.1) is 13.8 Å². The Morgan fingerprint density at radius 1 is 1.13 bits per heavy atom. The monoisotopic (exact) mass is 422 g/mol. The summed E-state index contributed by atoms with van der Waals surface area (Å²) in [7, 11) is 3.38. The van der Waals surface area contributed by atoms with Gasteiger partial charge in [-0.3, -0.25) is 4.99 Å². The van der Waals surface area contributed by atoms with Crippen molar-refractivity contribution in [3.63, 3.8) is 0 Å². The van der Waals surface area contributed by atoms with Gasteiger partial charge in [0.25, 0.3) is 0 Å². The summed E-state index contributed by atoms with van der Waals surface area (Å²) in [5, 5.41) is 11.1. The topological polar surface area (TPSA) is 85.6 Å². The van der Waals surface area contributed by atoms with E-state index in [1.807, 2.05) is 74.1 Å². The fourth-order valence-corrected chi connectivity index (χ4v) is 3.13. The highest BCUT2D eigenvalue weighted by Crippen LogP contribution is 2.26. The Hall–Kier alpha value is -3.55. The van der Waals surface area contributed by atoms with Crippen LogP contribution in [0.1, 0.15) is 23.9 Å². The van der Waals surface area contributed by atoms with Crippen molar-refractivity contribution in [1.29, 1.82) is 0 Å². The zero-order valence-corrected chi connectivity index (χ0v) is 18.7. The van der Waals surface area contributed by atoms with Crippen LogP contribution in [-0.2, 0) is 6.54 Å². The Kier molecular flexibility index (Phi) is 7.48. The number of ether oxygens (including phenoxy) is 2. The summed E-state index contributed by atoms with van der Waals surface area (Å²) in [5.74, 6) is 2.93. The molecule has 8 heteroatoms. The minimum atomic E-state index is -0.0726. The number of methoxy groups -OCH3 is 1. The van der Waals surface area contributed by atoms with Gasteiger partial charge in [-0.1, -0.05) is 18.2 Å². The Morgan fingerprint density at radius 3 is 2.52 bits per heavy atom. The van der Waals surface area contributed by atoms with Gasteiger partial charge in [0.05, 0.1) is 19.3 Å². The van der Waals surface area contributed by atoms with Gasteiger partial charge in [-0.2, -0.15) is 5.10 Å². The van der Waals surface area contributed by atoms with E-state index < -0.39 is 0 Å². The molecule has 2 heterocycles. The summed E-state index contributed by atoms with van der Waals surface area (Å²) in [5.41, 5.74) is 3.08. The molecule has 0 saturated heterocycles. The molecule has 0 aliphatic heterocycles. The number of aryl methyl sites for hydroxylation is 2. The molecule has 1 aromatic carbocycles. The van der Waals surface area contributed by atoms with Crippen LogP contribution in [0.3, 0.4) is 0 Å². The summed E-state index contributed by atoms with van der Waals surface area (Å²) in [6, 6.07) is 13.6. The first-order valence-corrected chi connectivity index (χ1v) is 10.2. The third kappa shape index (κ3) is 5.97. The highest BCUT2D eigenvalue weighted by Gasteiger charge is 2.10. The van der Waals surface area contributed by atoms with E-state index in [0.29, 0.717) is 24.8 Å². The van der Waals surface area contributed by atoms with Gasteiger partial charge >= 0.3 is 0 Å². The Morgan fingerprint density at radius 2 is 1.90 bits per heavy atom. The Bertz CT molecular complexity index is 1010. The number of aromatic nitrogens is 3. The second-order valence-electron chi connectivity index (χ2n) is 7.25. The molecule has 3 aromatic rings. The number of aliphatic imine (C=N–C) groups is 1. The molecular formula is C23H30N6O2. The lowest BCUT2D eigenvalue weighted by molar-refractivity contribution is 0.213. The van der Waals surface area contributed by atoms with Gasteiger partial charge in [0.2, 0.25) is 0 Å². The van der Waals surface area contributed by atoms with E-state index in [1.165, 1.54) is 0 Å². The fourth-order valence-electron chi connectivity index (χ4n) is 3.13. The van der Waals surface area contributed by atoms with Crippen LogP contribution in [-0.4, -0.2) is 47.5 Å². The molecule has 0 saturated carbocycles. The van der Waals surface area contributed by atoms with Gasteiger partial charge < -0.3 is 20.1 Å². The van der Waals surface area contributed by atoms with E-state index in [4.69, 9.17) is 9.47 Å². The minimum absolute atomic E-state index is 0.0726. The maximum atomic E-state index is 5.97. The van der Waals surface area contributed by atoms with E-state index in [1.54, 1.807) is 14.2 Å². The molecule has 1 unspecified atom stereocenters. The van der Waals surface area contributed by atoms with Crippen molar-refractivity contribution in [2.45, 2.75) is 33.4 Å². The van der Waals surface area contributed by atoms with Gasteiger partial charge in [-0.15, -0.1) is 0 Å². The molecule has 164 valence electrons.